The highest BCUT2D eigenvalue weighted by Gasteiger charge is 2.24. The molecule has 4 rings (SSSR count). The molecule has 8 heteroatoms. The molecule has 0 unspecified atom stereocenters. The minimum absolute atomic E-state index is 0.0245. The van der Waals surface area contributed by atoms with Crippen molar-refractivity contribution in [2.75, 3.05) is 5.32 Å². The third kappa shape index (κ3) is 3.37. The molecule has 4 aromatic rings. The Morgan fingerprint density at radius 2 is 1.71 bits per heavy atom. The summed E-state index contributed by atoms with van der Waals surface area (Å²) in [5.74, 6) is -0.698. The number of anilines is 1. The maximum Gasteiger partial charge on any atom is 0.291 e. The van der Waals surface area contributed by atoms with Gasteiger partial charge in [-0.3, -0.25) is 9.78 Å². The molecule has 0 aliphatic rings. The normalized spacial score (nSPS) is 11.5. The summed E-state index contributed by atoms with van der Waals surface area (Å²) < 4.78 is 30.6. The fourth-order valence-corrected chi connectivity index (χ4v) is 4.00. The Morgan fingerprint density at radius 3 is 2.50 bits per heavy atom. The van der Waals surface area contributed by atoms with Crippen molar-refractivity contribution in [3.63, 3.8) is 0 Å². The average molecular weight is 413 g/mol. The second-order valence-corrected chi connectivity index (χ2v) is 8.23. The first kappa shape index (κ1) is 18.2. The first-order valence-corrected chi connectivity index (χ1v) is 10.1. The number of furan rings is 1. The quantitative estimate of drug-likeness (QED) is 0.530. The number of rotatable bonds is 4. The van der Waals surface area contributed by atoms with Crippen molar-refractivity contribution in [2.45, 2.75) is 9.99 Å². The lowest BCUT2D eigenvalue weighted by molar-refractivity contribution is 0.0991. The van der Waals surface area contributed by atoms with Gasteiger partial charge in [-0.05, 0) is 48.5 Å². The fraction of sp³-hybridized carbons (Fsp3) is 0. The van der Waals surface area contributed by atoms with E-state index in [1.165, 1.54) is 36.4 Å². The molecule has 0 saturated heterocycles. The van der Waals surface area contributed by atoms with Gasteiger partial charge < -0.3 is 9.73 Å². The number of aromatic nitrogens is 1. The third-order valence-corrected chi connectivity index (χ3v) is 5.97. The SMILES string of the molecule is O=C(Nc1cccc2cccnc12)c1ccc(S(=O)(=O)c2ccc(Cl)cc2)o1. The third-order valence-electron chi connectivity index (χ3n) is 4.07. The summed E-state index contributed by atoms with van der Waals surface area (Å²) in [4.78, 5) is 16.8. The van der Waals surface area contributed by atoms with Crippen LogP contribution < -0.4 is 5.32 Å². The Hall–Kier alpha value is -3.16. The summed E-state index contributed by atoms with van der Waals surface area (Å²) in [5, 5.41) is 3.67. The van der Waals surface area contributed by atoms with Gasteiger partial charge in [-0.25, -0.2) is 8.42 Å². The number of sulfone groups is 1. The molecule has 0 aliphatic heterocycles. The zero-order valence-corrected chi connectivity index (χ0v) is 15.9. The van der Waals surface area contributed by atoms with Crippen molar-refractivity contribution in [3.05, 3.63) is 83.7 Å². The maximum atomic E-state index is 12.6. The maximum absolute atomic E-state index is 12.6. The smallest absolute Gasteiger partial charge is 0.291 e. The number of fused-ring (bicyclic) bond motifs is 1. The minimum Gasteiger partial charge on any atom is -0.439 e. The molecule has 1 amide bonds. The standard InChI is InChI=1S/C20H13ClN2O4S/c21-14-6-8-15(9-7-14)28(25,26)18-11-10-17(27-18)20(24)23-16-5-1-3-13-4-2-12-22-19(13)16/h1-12H,(H,23,24). The van der Waals surface area contributed by atoms with Crippen LogP contribution in [0.15, 0.2) is 87.3 Å². The predicted molar refractivity (Wildman–Crippen MR) is 105 cm³/mol. The van der Waals surface area contributed by atoms with E-state index >= 15 is 0 Å². The zero-order valence-electron chi connectivity index (χ0n) is 14.3. The predicted octanol–water partition coefficient (Wildman–Crippen LogP) is 4.57. The van der Waals surface area contributed by atoms with Crippen LogP contribution in [0.2, 0.25) is 5.02 Å². The summed E-state index contributed by atoms with van der Waals surface area (Å²) in [6.07, 6.45) is 1.63. The molecule has 28 heavy (non-hydrogen) atoms. The number of hydrogen-bond donors (Lipinski definition) is 1. The molecule has 0 radical (unpaired) electrons. The van der Waals surface area contributed by atoms with Gasteiger partial charge in [0, 0.05) is 16.6 Å². The van der Waals surface area contributed by atoms with Crippen LogP contribution in [0.3, 0.4) is 0 Å². The summed E-state index contributed by atoms with van der Waals surface area (Å²) in [6, 6.07) is 17.3. The number of halogens is 1. The van der Waals surface area contributed by atoms with E-state index < -0.39 is 15.7 Å². The molecule has 2 heterocycles. The molecule has 1 N–H and O–H groups in total. The summed E-state index contributed by atoms with van der Waals surface area (Å²) >= 11 is 5.80. The number of carbonyl (C=O) groups excluding carboxylic acids is 1. The van der Waals surface area contributed by atoms with Crippen LogP contribution in [0.4, 0.5) is 5.69 Å². The number of carbonyl (C=O) groups is 1. The van der Waals surface area contributed by atoms with Crippen LogP contribution >= 0.6 is 11.6 Å². The molecular weight excluding hydrogens is 400 g/mol. The summed E-state index contributed by atoms with van der Waals surface area (Å²) in [6.45, 7) is 0. The van der Waals surface area contributed by atoms with Gasteiger partial charge in [-0.15, -0.1) is 0 Å². The second kappa shape index (κ2) is 7.10. The van der Waals surface area contributed by atoms with E-state index in [-0.39, 0.29) is 15.7 Å². The lowest BCUT2D eigenvalue weighted by Crippen LogP contribution is -2.11. The van der Waals surface area contributed by atoms with Crippen molar-refractivity contribution in [3.8, 4) is 0 Å². The van der Waals surface area contributed by atoms with Crippen LogP contribution in [0.25, 0.3) is 10.9 Å². The number of amides is 1. The second-order valence-electron chi connectivity index (χ2n) is 5.91. The average Bonchev–Trinajstić information content (AvgIpc) is 3.20. The van der Waals surface area contributed by atoms with Crippen LogP contribution in [-0.4, -0.2) is 19.3 Å². The van der Waals surface area contributed by atoms with Crippen LogP contribution in [0.5, 0.6) is 0 Å². The number of nitrogens with one attached hydrogen (secondary N) is 1. The Bertz CT molecular complexity index is 1280. The van der Waals surface area contributed by atoms with E-state index in [1.807, 2.05) is 12.1 Å². The van der Waals surface area contributed by atoms with Crippen LogP contribution in [0, 0.1) is 0 Å². The van der Waals surface area contributed by atoms with Crippen molar-refractivity contribution in [1.82, 2.24) is 4.98 Å². The lowest BCUT2D eigenvalue weighted by atomic mass is 10.2. The molecule has 2 aromatic heterocycles. The van der Waals surface area contributed by atoms with Crippen molar-refractivity contribution >= 4 is 43.9 Å². The Balaban J connectivity index is 1.62. The fourth-order valence-electron chi connectivity index (χ4n) is 2.71. The molecule has 0 atom stereocenters. The number of para-hydroxylation sites is 1. The molecule has 140 valence electrons. The highest BCUT2D eigenvalue weighted by molar-refractivity contribution is 7.91. The Labute approximate surface area is 165 Å². The lowest BCUT2D eigenvalue weighted by Gasteiger charge is -2.06. The van der Waals surface area contributed by atoms with Crippen molar-refractivity contribution in [2.24, 2.45) is 0 Å². The molecule has 0 bridgehead atoms. The number of nitrogens with zero attached hydrogens (tertiary/aromatic N) is 1. The van der Waals surface area contributed by atoms with Gasteiger partial charge in [0.05, 0.1) is 16.1 Å². The first-order chi connectivity index (χ1) is 13.4. The highest BCUT2D eigenvalue weighted by atomic mass is 35.5. The molecule has 0 aliphatic carbocycles. The van der Waals surface area contributed by atoms with Crippen LogP contribution in [-0.2, 0) is 9.84 Å². The molecule has 0 saturated carbocycles. The van der Waals surface area contributed by atoms with E-state index in [1.54, 1.807) is 24.4 Å². The first-order valence-electron chi connectivity index (χ1n) is 8.21. The van der Waals surface area contributed by atoms with Gasteiger partial charge in [-0.2, -0.15) is 0 Å². The monoisotopic (exact) mass is 412 g/mol. The molecule has 0 spiro atoms. The van der Waals surface area contributed by atoms with Gasteiger partial charge in [0.2, 0.25) is 14.9 Å². The van der Waals surface area contributed by atoms with E-state index in [4.69, 9.17) is 16.0 Å². The van der Waals surface area contributed by atoms with Gasteiger partial charge in [0.25, 0.3) is 5.91 Å². The van der Waals surface area contributed by atoms with Gasteiger partial charge in [0.1, 0.15) is 0 Å². The Morgan fingerprint density at radius 1 is 0.964 bits per heavy atom. The zero-order chi connectivity index (χ0) is 19.7. The van der Waals surface area contributed by atoms with E-state index in [0.717, 1.165) is 5.39 Å². The van der Waals surface area contributed by atoms with Gasteiger partial charge in [-0.1, -0.05) is 29.8 Å². The Kier molecular flexibility index (Phi) is 4.62. The van der Waals surface area contributed by atoms with E-state index in [2.05, 4.69) is 10.3 Å². The number of pyridine rings is 1. The van der Waals surface area contributed by atoms with E-state index in [9.17, 15) is 13.2 Å². The number of hydrogen-bond acceptors (Lipinski definition) is 5. The molecular formula is C20H13ClN2O4S. The van der Waals surface area contributed by atoms with E-state index in [0.29, 0.717) is 16.2 Å². The van der Waals surface area contributed by atoms with Gasteiger partial charge in [0.15, 0.2) is 5.76 Å². The van der Waals surface area contributed by atoms with Crippen LogP contribution in [0.1, 0.15) is 10.6 Å². The summed E-state index contributed by atoms with van der Waals surface area (Å²) in [7, 11) is -3.89. The number of benzene rings is 2. The molecule has 2 aromatic carbocycles. The largest absolute Gasteiger partial charge is 0.439 e. The topological polar surface area (TPSA) is 89.3 Å². The van der Waals surface area contributed by atoms with Crippen molar-refractivity contribution < 1.29 is 17.6 Å². The minimum atomic E-state index is -3.89. The molecule has 0 fully saturated rings. The van der Waals surface area contributed by atoms with Gasteiger partial charge >= 0.3 is 0 Å². The van der Waals surface area contributed by atoms with Crippen molar-refractivity contribution in [1.29, 1.82) is 0 Å². The summed E-state index contributed by atoms with van der Waals surface area (Å²) in [5.41, 5.74) is 1.13. The highest BCUT2D eigenvalue weighted by Crippen LogP contribution is 2.26. The molecule has 6 nitrogen and oxygen atoms in total.